The van der Waals surface area contributed by atoms with Gasteiger partial charge in [-0.15, -0.1) is 0 Å². The molecule has 7 nitrogen and oxygen atoms in total. The maximum Gasteiger partial charge on any atom is 0.270 e. The van der Waals surface area contributed by atoms with Crippen LogP contribution in [0.25, 0.3) is 6.08 Å². The molecule has 0 N–H and O–H groups in total. The molecule has 1 amide bonds. The van der Waals surface area contributed by atoms with Crippen LogP contribution in [0.5, 0.6) is 0 Å². The van der Waals surface area contributed by atoms with Gasteiger partial charge in [-0.3, -0.25) is 19.1 Å². The Bertz CT molecular complexity index is 1100. The van der Waals surface area contributed by atoms with Gasteiger partial charge in [0, 0.05) is 44.8 Å². The molecule has 2 fully saturated rings. The second-order valence-corrected chi connectivity index (χ2v) is 11.4. The van der Waals surface area contributed by atoms with E-state index in [4.69, 9.17) is 12.2 Å². The molecule has 2 saturated heterocycles. The molecule has 3 heterocycles. The molecule has 0 saturated carbocycles. The summed E-state index contributed by atoms with van der Waals surface area (Å²) in [4.78, 5) is 33.5. The van der Waals surface area contributed by atoms with Crippen LogP contribution in [0.3, 0.4) is 0 Å². The first kappa shape index (κ1) is 28.4. The number of likely N-dealkylation sites (N-methyl/N-ethyl adjacent to an activating group) is 1. The van der Waals surface area contributed by atoms with Crippen molar-refractivity contribution >= 4 is 46.1 Å². The van der Waals surface area contributed by atoms with Crippen molar-refractivity contribution in [1.29, 1.82) is 5.26 Å². The number of nitrogens with zero attached hydrogens (tertiary/aromatic N) is 5. The Morgan fingerprint density at radius 2 is 1.67 bits per heavy atom. The molecule has 0 aromatic carbocycles. The first-order valence-electron chi connectivity index (χ1n) is 13.2. The predicted octanol–water partition coefficient (Wildman–Crippen LogP) is 4.75. The molecule has 0 atom stereocenters. The lowest BCUT2D eigenvalue weighted by atomic mass is 10.0. The number of thioether (sulfide) groups is 1. The van der Waals surface area contributed by atoms with Crippen molar-refractivity contribution in [2.75, 3.05) is 44.7 Å². The lowest BCUT2D eigenvalue weighted by Gasteiger charge is -2.36. The van der Waals surface area contributed by atoms with Crippen molar-refractivity contribution in [3.05, 3.63) is 31.9 Å². The molecule has 0 spiro atoms. The maximum absolute atomic E-state index is 13.4. The standard InChI is InChI=1S/C27H39N5O2S2/c1-5-7-9-10-11-13-32-26(34)23(36-27(32)35)18-21-20(3)22(19-28)25(33)31(12-8-6-2)24(21)30-16-14-29(4)15-17-30/h18H,5-17H2,1-4H3/b23-18-. The van der Waals surface area contributed by atoms with Gasteiger partial charge >= 0.3 is 0 Å². The molecule has 0 radical (unpaired) electrons. The van der Waals surface area contributed by atoms with E-state index in [0.717, 1.165) is 63.2 Å². The van der Waals surface area contributed by atoms with Crippen LogP contribution in [-0.4, -0.2) is 64.4 Å². The van der Waals surface area contributed by atoms with Gasteiger partial charge < -0.3 is 9.80 Å². The number of hydrogen-bond acceptors (Lipinski definition) is 7. The minimum absolute atomic E-state index is 0.0750. The normalized spacial score (nSPS) is 17.9. The molecule has 0 bridgehead atoms. The van der Waals surface area contributed by atoms with Crippen LogP contribution in [0.2, 0.25) is 0 Å². The smallest absolute Gasteiger partial charge is 0.270 e. The van der Waals surface area contributed by atoms with Crippen LogP contribution in [0.4, 0.5) is 5.82 Å². The number of amides is 1. The molecular formula is C27H39N5O2S2. The van der Waals surface area contributed by atoms with E-state index in [1.54, 1.807) is 9.47 Å². The second kappa shape index (κ2) is 13.4. The Morgan fingerprint density at radius 3 is 2.31 bits per heavy atom. The monoisotopic (exact) mass is 529 g/mol. The first-order valence-corrected chi connectivity index (χ1v) is 14.4. The highest BCUT2D eigenvalue weighted by Gasteiger charge is 2.33. The third kappa shape index (κ3) is 6.39. The van der Waals surface area contributed by atoms with E-state index in [2.05, 4.69) is 36.8 Å². The first-order chi connectivity index (χ1) is 17.3. The van der Waals surface area contributed by atoms with Crippen LogP contribution < -0.4 is 10.5 Å². The number of carbonyl (C=O) groups is 1. The van der Waals surface area contributed by atoms with Crippen molar-refractivity contribution in [3.8, 4) is 6.07 Å². The lowest BCUT2D eigenvalue weighted by molar-refractivity contribution is -0.122. The van der Waals surface area contributed by atoms with Crippen LogP contribution in [0, 0.1) is 18.3 Å². The molecule has 3 rings (SSSR count). The van der Waals surface area contributed by atoms with E-state index in [0.29, 0.717) is 27.9 Å². The van der Waals surface area contributed by atoms with E-state index >= 15 is 0 Å². The zero-order chi connectivity index (χ0) is 26.2. The zero-order valence-electron chi connectivity index (χ0n) is 22.1. The highest BCUT2D eigenvalue weighted by atomic mass is 32.2. The molecule has 2 aliphatic rings. The van der Waals surface area contributed by atoms with E-state index in [1.165, 1.54) is 31.0 Å². The van der Waals surface area contributed by atoms with E-state index in [9.17, 15) is 14.9 Å². The van der Waals surface area contributed by atoms with Gasteiger partial charge in [0.15, 0.2) is 0 Å². The van der Waals surface area contributed by atoms with E-state index in [-0.39, 0.29) is 17.0 Å². The van der Waals surface area contributed by atoms with Crippen LogP contribution >= 0.6 is 24.0 Å². The predicted molar refractivity (Wildman–Crippen MR) is 153 cm³/mol. The molecule has 36 heavy (non-hydrogen) atoms. The van der Waals surface area contributed by atoms with Gasteiger partial charge in [0.25, 0.3) is 11.5 Å². The van der Waals surface area contributed by atoms with Crippen LogP contribution in [0.15, 0.2) is 9.70 Å². The van der Waals surface area contributed by atoms with Gasteiger partial charge in [0.2, 0.25) is 0 Å². The molecule has 196 valence electrons. The SMILES string of the molecule is CCCCCCCN1C(=O)/C(=C/c2c(C)c(C#N)c(=O)n(CCCC)c2N2CCN(C)CC2)SC1=S. The molecule has 0 aliphatic carbocycles. The number of hydrogen-bond donors (Lipinski definition) is 0. The molecule has 1 aromatic rings. The van der Waals surface area contributed by atoms with Crippen molar-refractivity contribution in [2.45, 2.75) is 72.3 Å². The van der Waals surface area contributed by atoms with Crippen molar-refractivity contribution in [2.24, 2.45) is 0 Å². The number of nitriles is 1. The number of anilines is 1. The summed E-state index contributed by atoms with van der Waals surface area (Å²) in [6.07, 6.45) is 9.25. The van der Waals surface area contributed by atoms with E-state index in [1.807, 2.05) is 13.0 Å². The van der Waals surface area contributed by atoms with Crippen molar-refractivity contribution < 1.29 is 4.79 Å². The van der Waals surface area contributed by atoms with Crippen LogP contribution in [-0.2, 0) is 11.3 Å². The summed E-state index contributed by atoms with van der Waals surface area (Å²) < 4.78 is 2.35. The Kier molecular flexibility index (Phi) is 10.6. The van der Waals surface area contributed by atoms with Crippen molar-refractivity contribution in [1.82, 2.24) is 14.4 Å². The largest absolute Gasteiger partial charge is 0.355 e. The Labute approximate surface area is 225 Å². The third-order valence-electron chi connectivity index (χ3n) is 7.02. The van der Waals surface area contributed by atoms with Gasteiger partial charge in [-0.2, -0.15) is 5.26 Å². The number of aromatic nitrogens is 1. The van der Waals surface area contributed by atoms with Gasteiger partial charge in [-0.05, 0) is 38.5 Å². The second-order valence-electron chi connectivity index (χ2n) is 9.70. The molecule has 1 aromatic heterocycles. The Balaban J connectivity index is 2.03. The fourth-order valence-corrected chi connectivity index (χ4v) is 6.01. The lowest BCUT2D eigenvalue weighted by Crippen LogP contribution is -2.47. The Hall–Kier alpha value is -2.15. The highest BCUT2D eigenvalue weighted by molar-refractivity contribution is 8.26. The highest BCUT2D eigenvalue weighted by Crippen LogP contribution is 2.36. The van der Waals surface area contributed by atoms with Crippen LogP contribution in [0.1, 0.15) is 75.5 Å². The number of carbonyl (C=O) groups excluding carboxylic acids is 1. The molecule has 9 heteroatoms. The number of piperazine rings is 1. The number of rotatable bonds is 11. The fraction of sp³-hybridized carbons (Fsp3) is 0.630. The maximum atomic E-state index is 13.4. The van der Waals surface area contributed by atoms with E-state index < -0.39 is 0 Å². The zero-order valence-corrected chi connectivity index (χ0v) is 23.8. The summed E-state index contributed by atoms with van der Waals surface area (Å²) in [6.45, 7) is 10.6. The average molecular weight is 530 g/mol. The summed E-state index contributed by atoms with van der Waals surface area (Å²) in [5.41, 5.74) is 1.33. The quantitative estimate of drug-likeness (QED) is 0.233. The minimum atomic E-state index is -0.242. The fourth-order valence-electron chi connectivity index (χ4n) is 4.72. The number of unbranched alkanes of at least 4 members (excludes halogenated alkanes) is 5. The average Bonchev–Trinajstić information content (AvgIpc) is 3.13. The molecule has 2 aliphatic heterocycles. The third-order valence-corrected chi connectivity index (χ3v) is 8.40. The molecule has 0 unspecified atom stereocenters. The van der Waals surface area contributed by atoms with Gasteiger partial charge in [0.1, 0.15) is 21.8 Å². The van der Waals surface area contributed by atoms with Gasteiger partial charge in [-0.1, -0.05) is 69.9 Å². The summed E-state index contributed by atoms with van der Waals surface area (Å²) in [5, 5.41) is 9.86. The van der Waals surface area contributed by atoms with Gasteiger partial charge in [0.05, 0.1) is 4.91 Å². The topological polar surface area (TPSA) is 72.6 Å². The number of pyridine rings is 1. The number of thiocarbonyl (C=S) groups is 1. The summed E-state index contributed by atoms with van der Waals surface area (Å²) >= 11 is 6.89. The Morgan fingerprint density at radius 1 is 1.00 bits per heavy atom. The minimum Gasteiger partial charge on any atom is -0.355 e. The summed E-state index contributed by atoms with van der Waals surface area (Å²) in [5.74, 6) is 0.747. The molecular weight excluding hydrogens is 490 g/mol. The summed E-state index contributed by atoms with van der Waals surface area (Å²) in [6, 6.07) is 2.14. The van der Waals surface area contributed by atoms with Gasteiger partial charge in [-0.25, -0.2) is 0 Å². The summed E-state index contributed by atoms with van der Waals surface area (Å²) in [7, 11) is 2.10. The van der Waals surface area contributed by atoms with Crippen molar-refractivity contribution in [3.63, 3.8) is 0 Å².